The van der Waals surface area contributed by atoms with Gasteiger partial charge in [0.05, 0.1) is 6.04 Å². The van der Waals surface area contributed by atoms with Gasteiger partial charge in [-0.25, -0.2) is 0 Å². The molecular weight excluding hydrogens is 190 g/mol. The van der Waals surface area contributed by atoms with Gasteiger partial charge in [0, 0.05) is 6.54 Å². The van der Waals surface area contributed by atoms with E-state index in [0.29, 0.717) is 12.5 Å². The zero-order valence-electron chi connectivity index (χ0n) is 10.2. The third-order valence-corrected chi connectivity index (χ3v) is 2.30. The van der Waals surface area contributed by atoms with E-state index in [9.17, 15) is 4.79 Å². The zero-order chi connectivity index (χ0) is 11.7. The summed E-state index contributed by atoms with van der Waals surface area (Å²) in [6, 6.07) is -0.0738. The summed E-state index contributed by atoms with van der Waals surface area (Å²) >= 11 is 0. The SMILES string of the molecule is CNC(CCCCN)C(=O)NCC(C)C. The molecule has 0 aromatic carbocycles. The molecular formula is C11H25N3O. The lowest BCUT2D eigenvalue weighted by Gasteiger charge is -2.16. The smallest absolute Gasteiger partial charge is 0.237 e. The molecule has 0 rings (SSSR count). The van der Waals surface area contributed by atoms with E-state index < -0.39 is 0 Å². The minimum absolute atomic E-state index is 0.0738. The van der Waals surface area contributed by atoms with E-state index in [1.165, 1.54) is 0 Å². The van der Waals surface area contributed by atoms with Crippen molar-refractivity contribution in [3.8, 4) is 0 Å². The van der Waals surface area contributed by atoms with Gasteiger partial charge in [0.2, 0.25) is 5.91 Å². The van der Waals surface area contributed by atoms with Crippen LogP contribution in [0.2, 0.25) is 0 Å². The third kappa shape index (κ3) is 7.33. The first kappa shape index (κ1) is 14.4. The van der Waals surface area contributed by atoms with Crippen molar-refractivity contribution in [3.63, 3.8) is 0 Å². The average Bonchev–Trinajstić information content (AvgIpc) is 2.21. The van der Waals surface area contributed by atoms with Gasteiger partial charge in [-0.3, -0.25) is 4.79 Å². The number of carbonyl (C=O) groups is 1. The first-order chi connectivity index (χ1) is 7.11. The number of nitrogens with two attached hydrogens (primary N) is 1. The second-order valence-corrected chi connectivity index (χ2v) is 4.26. The van der Waals surface area contributed by atoms with E-state index in [1.807, 2.05) is 7.05 Å². The van der Waals surface area contributed by atoms with Crippen LogP contribution in [0.3, 0.4) is 0 Å². The maximum absolute atomic E-state index is 11.7. The highest BCUT2D eigenvalue weighted by molar-refractivity contribution is 5.81. The first-order valence-electron chi connectivity index (χ1n) is 5.76. The molecule has 0 radical (unpaired) electrons. The van der Waals surface area contributed by atoms with Gasteiger partial charge in [-0.1, -0.05) is 20.3 Å². The molecule has 0 fully saturated rings. The molecule has 1 amide bonds. The summed E-state index contributed by atoms with van der Waals surface area (Å²) < 4.78 is 0. The fourth-order valence-corrected chi connectivity index (χ4v) is 1.33. The molecule has 0 aliphatic rings. The van der Waals surface area contributed by atoms with E-state index in [2.05, 4.69) is 24.5 Å². The molecule has 4 nitrogen and oxygen atoms in total. The van der Waals surface area contributed by atoms with E-state index in [4.69, 9.17) is 5.73 Å². The van der Waals surface area contributed by atoms with E-state index in [1.54, 1.807) is 0 Å². The van der Waals surface area contributed by atoms with Gasteiger partial charge >= 0.3 is 0 Å². The molecule has 0 heterocycles. The molecule has 4 heteroatoms. The van der Waals surface area contributed by atoms with Crippen molar-refractivity contribution in [3.05, 3.63) is 0 Å². The number of amides is 1. The van der Waals surface area contributed by atoms with Gasteiger partial charge in [0.25, 0.3) is 0 Å². The Labute approximate surface area is 93.0 Å². The number of rotatable bonds is 8. The second kappa shape index (κ2) is 8.68. The predicted octanol–water partition coefficient (Wildman–Crippen LogP) is 0.476. The van der Waals surface area contributed by atoms with Crippen molar-refractivity contribution < 1.29 is 4.79 Å². The maximum Gasteiger partial charge on any atom is 0.237 e. The van der Waals surface area contributed by atoms with Crippen molar-refractivity contribution in [1.82, 2.24) is 10.6 Å². The highest BCUT2D eigenvalue weighted by Gasteiger charge is 2.15. The minimum atomic E-state index is -0.0738. The van der Waals surface area contributed by atoms with Crippen LogP contribution < -0.4 is 16.4 Å². The van der Waals surface area contributed by atoms with Crippen LogP contribution in [-0.2, 0) is 4.79 Å². The van der Waals surface area contributed by atoms with Gasteiger partial charge in [-0.15, -0.1) is 0 Å². The summed E-state index contributed by atoms with van der Waals surface area (Å²) in [7, 11) is 1.82. The summed E-state index contributed by atoms with van der Waals surface area (Å²) in [6.07, 6.45) is 2.84. The third-order valence-electron chi connectivity index (χ3n) is 2.30. The molecule has 0 bridgehead atoms. The number of nitrogens with one attached hydrogen (secondary N) is 2. The van der Waals surface area contributed by atoms with Crippen LogP contribution in [0.25, 0.3) is 0 Å². The molecule has 4 N–H and O–H groups in total. The Morgan fingerprint density at radius 2 is 2.00 bits per heavy atom. The van der Waals surface area contributed by atoms with Crippen molar-refractivity contribution in [1.29, 1.82) is 0 Å². The number of likely N-dealkylation sites (N-methyl/N-ethyl adjacent to an activating group) is 1. The topological polar surface area (TPSA) is 67.1 Å². The second-order valence-electron chi connectivity index (χ2n) is 4.26. The van der Waals surface area contributed by atoms with Crippen LogP contribution in [0.5, 0.6) is 0 Å². The lowest BCUT2D eigenvalue weighted by Crippen LogP contribution is -2.43. The van der Waals surface area contributed by atoms with Crippen LogP contribution in [0, 0.1) is 5.92 Å². The summed E-state index contributed by atoms with van der Waals surface area (Å²) in [5.41, 5.74) is 5.41. The Kier molecular flexibility index (Phi) is 8.33. The summed E-state index contributed by atoms with van der Waals surface area (Å²) in [4.78, 5) is 11.7. The van der Waals surface area contributed by atoms with Gasteiger partial charge in [0.1, 0.15) is 0 Å². The Hall–Kier alpha value is -0.610. The maximum atomic E-state index is 11.7. The minimum Gasteiger partial charge on any atom is -0.354 e. The van der Waals surface area contributed by atoms with Gasteiger partial charge < -0.3 is 16.4 Å². The van der Waals surface area contributed by atoms with Crippen molar-refractivity contribution in [2.45, 2.75) is 39.2 Å². The zero-order valence-corrected chi connectivity index (χ0v) is 10.2. The van der Waals surface area contributed by atoms with E-state index in [0.717, 1.165) is 25.8 Å². The molecule has 0 spiro atoms. The van der Waals surface area contributed by atoms with Crippen LogP contribution in [0.4, 0.5) is 0 Å². The quantitative estimate of drug-likeness (QED) is 0.516. The summed E-state index contributed by atoms with van der Waals surface area (Å²) in [5.74, 6) is 0.596. The monoisotopic (exact) mass is 215 g/mol. The lowest BCUT2D eigenvalue weighted by molar-refractivity contribution is -0.123. The largest absolute Gasteiger partial charge is 0.354 e. The molecule has 0 aromatic rings. The summed E-state index contributed by atoms with van der Waals surface area (Å²) in [6.45, 7) is 5.62. The molecule has 1 unspecified atom stereocenters. The van der Waals surface area contributed by atoms with Crippen LogP contribution in [-0.4, -0.2) is 32.1 Å². The highest BCUT2D eigenvalue weighted by Crippen LogP contribution is 2.00. The molecule has 15 heavy (non-hydrogen) atoms. The lowest BCUT2D eigenvalue weighted by atomic mass is 10.1. The predicted molar refractivity (Wildman–Crippen MR) is 63.6 cm³/mol. The van der Waals surface area contributed by atoms with Crippen molar-refractivity contribution in [2.75, 3.05) is 20.1 Å². The average molecular weight is 215 g/mol. The fraction of sp³-hybridized carbons (Fsp3) is 0.909. The molecule has 0 aromatic heterocycles. The van der Waals surface area contributed by atoms with Crippen molar-refractivity contribution in [2.24, 2.45) is 11.7 Å². The Balaban J connectivity index is 3.77. The van der Waals surface area contributed by atoms with Crippen LogP contribution >= 0.6 is 0 Å². The van der Waals surface area contributed by atoms with E-state index >= 15 is 0 Å². The number of carbonyl (C=O) groups excluding carboxylic acids is 1. The standard InChI is InChI=1S/C11H25N3O/c1-9(2)8-14-11(15)10(13-3)6-4-5-7-12/h9-10,13H,4-8,12H2,1-3H3,(H,14,15). The normalized spacial score (nSPS) is 12.9. The van der Waals surface area contributed by atoms with Gasteiger partial charge in [-0.2, -0.15) is 0 Å². The number of hydrogen-bond acceptors (Lipinski definition) is 3. The molecule has 0 saturated carbocycles. The number of hydrogen-bond donors (Lipinski definition) is 3. The van der Waals surface area contributed by atoms with Gasteiger partial charge in [-0.05, 0) is 32.4 Å². The molecule has 0 aliphatic carbocycles. The molecule has 0 aliphatic heterocycles. The fourth-order valence-electron chi connectivity index (χ4n) is 1.33. The molecule has 90 valence electrons. The Morgan fingerprint density at radius 1 is 1.33 bits per heavy atom. The highest BCUT2D eigenvalue weighted by atomic mass is 16.2. The number of unbranched alkanes of at least 4 members (excludes halogenated alkanes) is 1. The van der Waals surface area contributed by atoms with Crippen molar-refractivity contribution >= 4 is 5.91 Å². The van der Waals surface area contributed by atoms with Gasteiger partial charge in [0.15, 0.2) is 0 Å². The van der Waals surface area contributed by atoms with E-state index in [-0.39, 0.29) is 11.9 Å². The Morgan fingerprint density at radius 3 is 2.47 bits per heavy atom. The Bertz CT molecular complexity index is 171. The first-order valence-corrected chi connectivity index (χ1v) is 5.76. The van der Waals surface area contributed by atoms with Crippen LogP contribution in [0.1, 0.15) is 33.1 Å². The van der Waals surface area contributed by atoms with Crippen LogP contribution in [0.15, 0.2) is 0 Å². The molecule has 0 saturated heterocycles. The summed E-state index contributed by atoms with van der Waals surface area (Å²) in [5, 5.41) is 5.96. The molecule has 1 atom stereocenters.